The van der Waals surface area contributed by atoms with Crippen molar-refractivity contribution in [3.8, 4) is 0 Å². The molecule has 2 atom stereocenters. The van der Waals surface area contributed by atoms with Crippen molar-refractivity contribution in [3.05, 3.63) is 17.1 Å². The SMILES string of the molecule is Cc1nc(C2CC3CCC(C2)N3C)nc(N)c1C(C)C. The summed E-state index contributed by atoms with van der Waals surface area (Å²) in [5.41, 5.74) is 8.36. The van der Waals surface area contributed by atoms with Gasteiger partial charge in [0.2, 0.25) is 0 Å². The summed E-state index contributed by atoms with van der Waals surface area (Å²) in [4.78, 5) is 12.0. The molecule has 1 aromatic rings. The van der Waals surface area contributed by atoms with E-state index >= 15 is 0 Å². The predicted octanol–water partition coefficient (Wildman–Crippen LogP) is 2.83. The van der Waals surface area contributed by atoms with E-state index in [1.165, 1.54) is 25.7 Å². The lowest BCUT2D eigenvalue weighted by molar-refractivity contribution is 0.159. The lowest BCUT2D eigenvalue weighted by Crippen LogP contribution is -2.39. The highest BCUT2D eigenvalue weighted by Gasteiger charge is 2.40. The van der Waals surface area contributed by atoms with Gasteiger partial charge in [-0.2, -0.15) is 0 Å². The van der Waals surface area contributed by atoms with Crippen LogP contribution in [-0.2, 0) is 0 Å². The second-order valence-electron chi connectivity index (χ2n) is 6.84. The Morgan fingerprint density at radius 3 is 2.25 bits per heavy atom. The Labute approximate surface area is 121 Å². The number of fused-ring (bicyclic) bond motifs is 2. The van der Waals surface area contributed by atoms with Crippen LogP contribution in [0.4, 0.5) is 5.82 Å². The van der Waals surface area contributed by atoms with Gasteiger partial charge in [-0.25, -0.2) is 9.97 Å². The second-order valence-corrected chi connectivity index (χ2v) is 6.84. The van der Waals surface area contributed by atoms with Crippen LogP contribution < -0.4 is 5.73 Å². The Kier molecular flexibility index (Phi) is 3.44. The summed E-state index contributed by atoms with van der Waals surface area (Å²) in [5.74, 6) is 2.55. The third-order valence-electron chi connectivity index (χ3n) is 5.22. The fourth-order valence-electron chi connectivity index (χ4n) is 4.14. The summed E-state index contributed by atoms with van der Waals surface area (Å²) in [6.07, 6.45) is 5.03. The molecule has 2 N–H and O–H groups in total. The van der Waals surface area contributed by atoms with Crippen molar-refractivity contribution >= 4 is 5.82 Å². The van der Waals surface area contributed by atoms with Crippen molar-refractivity contribution in [1.82, 2.24) is 14.9 Å². The highest BCUT2D eigenvalue weighted by atomic mass is 15.2. The number of rotatable bonds is 2. The van der Waals surface area contributed by atoms with E-state index in [-0.39, 0.29) is 0 Å². The fraction of sp³-hybridized carbons (Fsp3) is 0.750. The molecule has 2 aliphatic heterocycles. The highest BCUT2D eigenvalue weighted by molar-refractivity contribution is 5.44. The molecule has 2 fully saturated rings. The Balaban J connectivity index is 1.89. The van der Waals surface area contributed by atoms with Gasteiger partial charge in [-0.15, -0.1) is 0 Å². The third-order valence-corrected chi connectivity index (χ3v) is 5.22. The molecule has 0 radical (unpaired) electrons. The van der Waals surface area contributed by atoms with Crippen LogP contribution in [0, 0.1) is 6.92 Å². The molecular formula is C16H26N4. The maximum absolute atomic E-state index is 6.18. The highest BCUT2D eigenvalue weighted by Crippen LogP contribution is 2.41. The molecule has 110 valence electrons. The summed E-state index contributed by atoms with van der Waals surface area (Å²) < 4.78 is 0. The molecule has 3 rings (SSSR count). The molecule has 0 saturated carbocycles. The first-order chi connectivity index (χ1) is 9.47. The van der Waals surface area contributed by atoms with Crippen LogP contribution in [0.1, 0.15) is 68.4 Å². The predicted molar refractivity (Wildman–Crippen MR) is 81.8 cm³/mol. The van der Waals surface area contributed by atoms with E-state index in [1.54, 1.807) is 0 Å². The minimum atomic E-state index is 0.387. The Morgan fingerprint density at radius 2 is 1.75 bits per heavy atom. The van der Waals surface area contributed by atoms with Crippen LogP contribution in [0.15, 0.2) is 0 Å². The molecule has 2 unspecified atom stereocenters. The van der Waals surface area contributed by atoms with Crippen LogP contribution in [0.5, 0.6) is 0 Å². The van der Waals surface area contributed by atoms with Crippen LogP contribution in [0.2, 0.25) is 0 Å². The standard InChI is InChI=1S/C16H26N4/c1-9(2)14-10(3)18-16(19-15(14)17)11-7-12-5-6-13(8-11)20(12)4/h9,11-13H,5-8H2,1-4H3,(H2,17,18,19). The number of nitrogens with two attached hydrogens (primary N) is 1. The number of nitrogens with zero attached hydrogens (tertiary/aromatic N) is 3. The van der Waals surface area contributed by atoms with Gasteiger partial charge in [0.15, 0.2) is 0 Å². The Morgan fingerprint density at radius 1 is 1.15 bits per heavy atom. The number of hydrogen-bond acceptors (Lipinski definition) is 4. The van der Waals surface area contributed by atoms with Crippen molar-refractivity contribution < 1.29 is 0 Å². The number of aromatic nitrogens is 2. The first kappa shape index (κ1) is 13.8. The number of nitrogen functional groups attached to an aromatic ring is 1. The normalized spacial score (nSPS) is 30.1. The van der Waals surface area contributed by atoms with Crippen LogP contribution in [0.3, 0.4) is 0 Å². The molecule has 2 saturated heterocycles. The largest absolute Gasteiger partial charge is 0.383 e. The van der Waals surface area contributed by atoms with Crippen LogP contribution in [-0.4, -0.2) is 34.0 Å². The first-order valence-electron chi connectivity index (χ1n) is 7.83. The Bertz CT molecular complexity index is 474. The van der Waals surface area contributed by atoms with Crippen LogP contribution in [0.25, 0.3) is 0 Å². The molecule has 1 aromatic heterocycles. The van der Waals surface area contributed by atoms with Crippen molar-refractivity contribution in [1.29, 1.82) is 0 Å². The van der Waals surface area contributed by atoms with Gasteiger partial charge >= 0.3 is 0 Å². The van der Waals surface area contributed by atoms with Gasteiger partial charge in [0.1, 0.15) is 11.6 Å². The number of aryl methyl sites for hydroxylation is 1. The quantitative estimate of drug-likeness (QED) is 0.901. The molecule has 2 bridgehead atoms. The summed E-state index contributed by atoms with van der Waals surface area (Å²) in [5, 5.41) is 0. The fourth-order valence-corrected chi connectivity index (χ4v) is 4.14. The second kappa shape index (κ2) is 4.99. The van der Waals surface area contributed by atoms with E-state index in [9.17, 15) is 0 Å². The number of hydrogen-bond donors (Lipinski definition) is 1. The van der Waals surface area contributed by atoms with Gasteiger partial charge in [-0.3, -0.25) is 0 Å². The molecule has 2 aliphatic rings. The topological polar surface area (TPSA) is 55.0 Å². The van der Waals surface area contributed by atoms with E-state index in [2.05, 4.69) is 37.7 Å². The van der Waals surface area contributed by atoms with E-state index in [1.807, 2.05) is 0 Å². The minimum Gasteiger partial charge on any atom is -0.383 e. The lowest BCUT2D eigenvalue weighted by Gasteiger charge is -2.35. The number of anilines is 1. The average Bonchev–Trinajstić information content (AvgIpc) is 2.61. The lowest BCUT2D eigenvalue weighted by atomic mass is 9.90. The molecule has 20 heavy (non-hydrogen) atoms. The van der Waals surface area contributed by atoms with Gasteiger partial charge in [0.05, 0.1) is 0 Å². The van der Waals surface area contributed by atoms with Gasteiger partial charge in [0.25, 0.3) is 0 Å². The first-order valence-corrected chi connectivity index (χ1v) is 7.83. The monoisotopic (exact) mass is 274 g/mol. The van der Waals surface area contributed by atoms with E-state index in [0.29, 0.717) is 29.7 Å². The minimum absolute atomic E-state index is 0.387. The summed E-state index contributed by atoms with van der Waals surface area (Å²) >= 11 is 0. The number of piperidine rings is 1. The van der Waals surface area contributed by atoms with Gasteiger partial charge < -0.3 is 10.6 Å². The zero-order valence-corrected chi connectivity index (χ0v) is 13.1. The molecule has 0 spiro atoms. The summed E-state index contributed by atoms with van der Waals surface area (Å²) in [6, 6.07) is 1.43. The summed E-state index contributed by atoms with van der Waals surface area (Å²) in [6.45, 7) is 6.37. The Hall–Kier alpha value is -1.16. The zero-order valence-electron chi connectivity index (χ0n) is 13.1. The van der Waals surface area contributed by atoms with Gasteiger partial charge in [-0.1, -0.05) is 13.8 Å². The maximum atomic E-state index is 6.18. The average molecular weight is 274 g/mol. The summed E-state index contributed by atoms with van der Waals surface area (Å²) in [7, 11) is 2.26. The van der Waals surface area contributed by atoms with E-state index in [0.717, 1.165) is 17.1 Å². The molecule has 0 amide bonds. The molecule has 0 aliphatic carbocycles. The van der Waals surface area contributed by atoms with Gasteiger partial charge in [0, 0.05) is 29.3 Å². The molecule has 3 heterocycles. The van der Waals surface area contributed by atoms with E-state index < -0.39 is 0 Å². The van der Waals surface area contributed by atoms with Crippen molar-refractivity contribution in [2.75, 3.05) is 12.8 Å². The smallest absolute Gasteiger partial charge is 0.134 e. The molecule has 4 heteroatoms. The van der Waals surface area contributed by atoms with Crippen LogP contribution >= 0.6 is 0 Å². The van der Waals surface area contributed by atoms with Gasteiger partial charge in [-0.05, 0) is 45.6 Å². The molecule has 0 aromatic carbocycles. The van der Waals surface area contributed by atoms with E-state index in [4.69, 9.17) is 10.7 Å². The maximum Gasteiger partial charge on any atom is 0.134 e. The molecular weight excluding hydrogens is 248 g/mol. The zero-order chi connectivity index (χ0) is 14.4. The van der Waals surface area contributed by atoms with Crippen molar-refractivity contribution in [2.24, 2.45) is 0 Å². The van der Waals surface area contributed by atoms with Crippen molar-refractivity contribution in [2.45, 2.75) is 70.4 Å². The third kappa shape index (κ3) is 2.20. The molecule has 4 nitrogen and oxygen atoms in total. The van der Waals surface area contributed by atoms with Crippen molar-refractivity contribution in [3.63, 3.8) is 0 Å².